The molecule has 1 amide bonds. The summed E-state index contributed by atoms with van der Waals surface area (Å²) in [7, 11) is 0. The molecule has 6 heteroatoms. The molecular weight excluding hydrogens is 314 g/mol. The van der Waals surface area contributed by atoms with Crippen molar-refractivity contribution >= 4 is 5.91 Å². The highest BCUT2D eigenvalue weighted by atomic mass is 16.1. The number of nitrogens with one attached hydrogen (secondary N) is 1. The van der Waals surface area contributed by atoms with Crippen LogP contribution in [0.15, 0.2) is 42.9 Å². The molecule has 25 heavy (non-hydrogen) atoms. The molecule has 0 fully saturated rings. The van der Waals surface area contributed by atoms with Gasteiger partial charge in [0.1, 0.15) is 11.5 Å². The third-order valence-electron chi connectivity index (χ3n) is 4.36. The smallest absolute Gasteiger partial charge is 0.251 e. The van der Waals surface area contributed by atoms with E-state index in [0.29, 0.717) is 6.54 Å². The molecule has 1 N–H and O–H groups in total. The van der Waals surface area contributed by atoms with Crippen LogP contribution in [0.1, 0.15) is 41.5 Å². The van der Waals surface area contributed by atoms with Crippen molar-refractivity contribution in [3.05, 3.63) is 59.8 Å². The minimum Gasteiger partial charge on any atom is -0.352 e. The van der Waals surface area contributed by atoms with Gasteiger partial charge in [-0.1, -0.05) is 19.9 Å². The van der Waals surface area contributed by atoms with Gasteiger partial charge in [-0.25, -0.2) is 15.0 Å². The number of amides is 1. The first kappa shape index (κ1) is 15.5. The van der Waals surface area contributed by atoms with Gasteiger partial charge in [-0.2, -0.15) is 0 Å². The SMILES string of the molecule is CC(C)c1nccc(-c2nccn2-c2ccc3c(c2)C(=O)NCC3)n1. The van der Waals surface area contributed by atoms with Crippen molar-refractivity contribution in [3.8, 4) is 17.2 Å². The Kier molecular flexibility index (Phi) is 3.80. The van der Waals surface area contributed by atoms with Crippen LogP contribution in [0.2, 0.25) is 0 Å². The zero-order valence-electron chi connectivity index (χ0n) is 14.2. The van der Waals surface area contributed by atoms with Gasteiger partial charge in [0.2, 0.25) is 0 Å². The molecule has 0 unspecified atom stereocenters. The second kappa shape index (κ2) is 6.12. The van der Waals surface area contributed by atoms with Crippen molar-refractivity contribution < 1.29 is 4.79 Å². The van der Waals surface area contributed by atoms with E-state index in [-0.39, 0.29) is 11.8 Å². The molecule has 0 saturated carbocycles. The Labute approximate surface area is 146 Å². The highest BCUT2D eigenvalue weighted by molar-refractivity contribution is 5.97. The summed E-state index contributed by atoms with van der Waals surface area (Å²) in [5.41, 5.74) is 3.48. The number of rotatable bonds is 3. The van der Waals surface area contributed by atoms with E-state index in [1.54, 1.807) is 12.4 Å². The molecule has 3 heterocycles. The molecule has 0 spiro atoms. The number of hydrogen-bond acceptors (Lipinski definition) is 4. The molecule has 126 valence electrons. The monoisotopic (exact) mass is 333 g/mol. The predicted octanol–water partition coefficient (Wildman–Crippen LogP) is 2.74. The van der Waals surface area contributed by atoms with Gasteiger partial charge in [-0.15, -0.1) is 0 Å². The number of carbonyl (C=O) groups is 1. The van der Waals surface area contributed by atoms with Gasteiger partial charge in [0.25, 0.3) is 5.91 Å². The lowest BCUT2D eigenvalue weighted by Crippen LogP contribution is -2.31. The maximum atomic E-state index is 12.1. The zero-order chi connectivity index (χ0) is 17.4. The second-order valence-corrected chi connectivity index (χ2v) is 6.42. The number of carbonyl (C=O) groups excluding carboxylic acids is 1. The molecule has 0 aliphatic carbocycles. The average molecular weight is 333 g/mol. The maximum Gasteiger partial charge on any atom is 0.251 e. The van der Waals surface area contributed by atoms with Gasteiger partial charge in [-0.05, 0) is 30.2 Å². The first-order valence-electron chi connectivity index (χ1n) is 8.41. The van der Waals surface area contributed by atoms with E-state index < -0.39 is 0 Å². The van der Waals surface area contributed by atoms with Crippen molar-refractivity contribution in [2.75, 3.05) is 6.54 Å². The van der Waals surface area contributed by atoms with Crippen molar-refractivity contribution in [2.24, 2.45) is 0 Å². The van der Waals surface area contributed by atoms with Crippen LogP contribution in [-0.2, 0) is 6.42 Å². The molecule has 3 aromatic rings. The zero-order valence-corrected chi connectivity index (χ0v) is 14.2. The van der Waals surface area contributed by atoms with Crippen LogP contribution < -0.4 is 5.32 Å². The lowest BCUT2D eigenvalue weighted by atomic mass is 10.00. The fourth-order valence-corrected chi connectivity index (χ4v) is 3.03. The van der Waals surface area contributed by atoms with E-state index in [4.69, 9.17) is 0 Å². The van der Waals surface area contributed by atoms with Crippen LogP contribution in [0.25, 0.3) is 17.2 Å². The van der Waals surface area contributed by atoms with Crippen molar-refractivity contribution in [1.82, 2.24) is 24.8 Å². The van der Waals surface area contributed by atoms with E-state index in [1.165, 1.54) is 0 Å². The predicted molar refractivity (Wildman–Crippen MR) is 94.7 cm³/mol. The molecule has 0 bridgehead atoms. The molecule has 0 saturated heterocycles. The summed E-state index contributed by atoms with van der Waals surface area (Å²) >= 11 is 0. The van der Waals surface area contributed by atoms with Gasteiger partial charge in [0.05, 0.1) is 0 Å². The molecule has 0 atom stereocenters. The first-order valence-corrected chi connectivity index (χ1v) is 8.41. The van der Waals surface area contributed by atoms with Crippen LogP contribution in [0.3, 0.4) is 0 Å². The highest BCUT2D eigenvalue weighted by Crippen LogP contribution is 2.24. The third kappa shape index (κ3) is 2.80. The average Bonchev–Trinajstić information content (AvgIpc) is 3.12. The Hall–Kier alpha value is -3.02. The van der Waals surface area contributed by atoms with E-state index in [1.807, 2.05) is 35.0 Å². The summed E-state index contributed by atoms with van der Waals surface area (Å²) in [6.07, 6.45) is 6.25. The van der Waals surface area contributed by atoms with E-state index in [2.05, 4.69) is 34.1 Å². The van der Waals surface area contributed by atoms with E-state index >= 15 is 0 Å². The van der Waals surface area contributed by atoms with Gasteiger partial charge in [-0.3, -0.25) is 9.36 Å². The molecule has 1 aliphatic rings. The second-order valence-electron chi connectivity index (χ2n) is 6.42. The number of imidazole rings is 1. The summed E-state index contributed by atoms with van der Waals surface area (Å²) in [6.45, 7) is 4.82. The van der Waals surface area contributed by atoms with Crippen molar-refractivity contribution in [2.45, 2.75) is 26.2 Å². The van der Waals surface area contributed by atoms with Gasteiger partial charge in [0.15, 0.2) is 5.82 Å². The summed E-state index contributed by atoms with van der Waals surface area (Å²) in [6, 6.07) is 7.81. The third-order valence-corrected chi connectivity index (χ3v) is 4.36. The summed E-state index contributed by atoms with van der Waals surface area (Å²) in [5, 5.41) is 2.89. The normalized spacial score (nSPS) is 13.6. The molecule has 6 nitrogen and oxygen atoms in total. The topological polar surface area (TPSA) is 72.7 Å². The fourth-order valence-electron chi connectivity index (χ4n) is 3.03. The minimum atomic E-state index is -0.0195. The van der Waals surface area contributed by atoms with E-state index in [9.17, 15) is 4.79 Å². The minimum absolute atomic E-state index is 0.0195. The van der Waals surface area contributed by atoms with Crippen LogP contribution in [0.4, 0.5) is 0 Å². The molecule has 4 rings (SSSR count). The van der Waals surface area contributed by atoms with Gasteiger partial charge >= 0.3 is 0 Å². The summed E-state index contributed by atoms with van der Waals surface area (Å²) < 4.78 is 1.95. The Morgan fingerprint density at radius 3 is 2.88 bits per heavy atom. The maximum absolute atomic E-state index is 12.1. The number of hydrogen-bond donors (Lipinski definition) is 1. The fraction of sp³-hybridized carbons (Fsp3) is 0.263. The summed E-state index contributed by atoms with van der Waals surface area (Å²) in [5.74, 6) is 1.75. The number of aromatic nitrogens is 4. The Bertz CT molecular complexity index is 944. The van der Waals surface area contributed by atoms with Crippen LogP contribution in [-0.4, -0.2) is 32.0 Å². The molecule has 1 aliphatic heterocycles. The van der Waals surface area contributed by atoms with Gasteiger partial charge in [0, 0.05) is 42.3 Å². The molecule has 0 radical (unpaired) electrons. The lowest BCUT2D eigenvalue weighted by molar-refractivity contribution is 0.0946. The Morgan fingerprint density at radius 2 is 2.04 bits per heavy atom. The van der Waals surface area contributed by atoms with E-state index in [0.717, 1.165) is 40.6 Å². The Balaban J connectivity index is 1.79. The van der Waals surface area contributed by atoms with Crippen molar-refractivity contribution in [1.29, 1.82) is 0 Å². The summed E-state index contributed by atoms with van der Waals surface area (Å²) in [4.78, 5) is 25.5. The molecule has 1 aromatic carbocycles. The van der Waals surface area contributed by atoms with Crippen LogP contribution in [0, 0.1) is 0 Å². The largest absolute Gasteiger partial charge is 0.352 e. The standard InChI is InChI=1S/C19H19N5O/c1-12(2)17-20-8-6-16(23-17)18-21-9-10-24(18)14-4-3-13-5-7-22-19(25)15(13)11-14/h3-4,6,8-12H,5,7H2,1-2H3,(H,22,25). The Morgan fingerprint density at radius 1 is 1.16 bits per heavy atom. The molecular formula is C19H19N5O. The van der Waals surface area contributed by atoms with Crippen LogP contribution >= 0.6 is 0 Å². The lowest BCUT2D eigenvalue weighted by Gasteiger charge is -2.18. The first-order chi connectivity index (χ1) is 12.1. The van der Waals surface area contributed by atoms with Gasteiger partial charge < -0.3 is 5.32 Å². The number of fused-ring (bicyclic) bond motifs is 1. The van der Waals surface area contributed by atoms with Crippen molar-refractivity contribution in [3.63, 3.8) is 0 Å². The molecule has 2 aromatic heterocycles. The number of benzene rings is 1. The quantitative estimate of drug-likeness (QED) is 0.800. The van der Waals surface area contributed by atoms with Crippen LogP contribution in [0.5, 0.6) is 0 Å². The highest BCUT2D eigenvalue weighted by Gasteiger charge is 2.18. The number of nitrogens with zero attached hydrogens (tertiary/aromatic N) is 4.